The van der Waals surface area contributed by atoms with Gasteiger partial charge in [-0.05, 0) is 12.0 Å². The first-order valence-electron chi connectivity index (χ1n) is 6.68. The van der Waals surface area contributed by atoms with Crippen LogP contribution in [0.3, 0.4) is 0 Å². The Morgan fingerprint density at radius 1 is 1.27 bits per heavy atom. The molecular weight excluding hydrogens is 301 g/mol. The van der Waals surface area contributed by atoms with Gasteiger partial charge in [0.15, 0.2) is 6.10 Å². The second kappa shape index (κ2) is 8.60. The molecule has 0 unspecified atom stereocenters. The monoisotopic (exact) mass is 320 g/mol. The van der Waals surface area contributed by atoms with Crippen molar-refractivity contribution in [2.45, 2.75) is 24.8 Å². The summed E-state index contributed by atoms with van der Waals surface area (Å²) in [6, 6.07) is 8.58. The Kier molecular flexibility index (Phi) is 7.13. The Morgan fingerprint density at radius 3 is 2.45 bits per heavy atom. The minimum atomic E-state index is -4.67. The van der Waals surface area contributed by atoms with Crippen LogP contribution in [-0.2, 0) is 4.74 Å². The summed E-state index contributed by atoms with van der Waals surface area (Å²) in [5, 5.41) is 13.5. The smallest absolute Gasteiger partial charge is 0.384 e. The molecule has 1 rings (SSSR count). The van der Waals surface area contributed by atoms with E-state index in [1.807, 2.05) is 30.3 Å². The highest BCUT2D eigenvalue weighted by molar-refractivity contribution is 5.73. The summed E-state index contributed by atoms with van der Waals surface area (Å²) in [4.78, 5) is 11.5. The van der Waals surface area contributed by atoms with Crippen LogP contribution in [0.25, 0.3) is 0 Å². The number of ether oxygens (including phenoxy) is 1. The number of methoxy groups -OCH3 is 1. The molecule has 0 fully saturated rings. The van der Waals surface area contributed by atoms with Gasteiger partial charge in [-0.3, -0.25) is 0 Å². The van der Waals surface area contributed by atoms with Crippen molar-refractivity contribution in [3.63, 3.8) is 0 Å². The molecule has 0 aliphatic carbocycles. The average molecular weight is 320 g/mol. The van der Waals surface area contributed by atoms with Crippen LogP contribution in [0.2, 0.25) is 0 Å². The highest BCUT2D eigenvalue weighted by Gasteiger charge is 2.37. The van der Waals surface area contributed by atoms with Gasteiger partial charge in [0, 0.05) is 20.2 Å². The number of benzene rings is 1. The van der Waals surface area contributed by atoms with Crippen molar-refractivity contribution in [2.75, 3.05) is 20.2 Å². The molecule has 0 aliphatic heterocycles. The third-order valence-electron chi connectivity index (χ3n) is 2.99. The second-order valence-corrected chi connectivity index (χ2v) is 4.62. The standard InChI is InChI=1S/C14H19F3N2O3/c1-22-11(10-5-3-2-4-6-10)9-19-13(21)18-8-7-12(20)14(15,16)17/h2-6,11-12,20H,7-9H2,1H3,(H2,18,19,21)/t11-,12-/m0/s1. The molecule has 124 valence electrons. The summed E-state index contributed by atoms with van der Waals surface area (Å²) in [6.45, 7) is -0.107. The number of hydrogen-bond acceptors (Lipinski definition) is 3. The molecule has 0 bridgehead atoms. The number of rotatable bonds is 7. The van der Waals surface area contributed by atoms with Gasteiger partial charge in [-0.25, -0.2) is 4.79 Å². The zero-order valence-electron chi connectivity index (χ0n) is 12.1. The van der Waals surface area contributed by atoms with Gasteiger partial charge < -0.3 is 20.5 Å². The number of alkyl halides is 3. The lowest BCUT2D eigenvalue weighted by atomic mass is 10.1. The van der Waals surface area contributed by atoms with Crippen molar-refractivity contribution in [1.29, 1.82) is 0 Å². The predicted molar refractivity (Wildman–Crippen MR) is 74.3 cm³/mol. The average Bonchev–Trinajstić information content (AvgIpc) is 2.48. The number of hydrogen-bond donors (Lipinski definition) is 3. The molecule has 0 saturated heterocycles. The molecule has 0 aliphatic rings. The van der Waals surface area contributed by atoms with Crippen LogP contribution in [0, 0.1) is 0 Å². The fraction of sp³-hybridized carbons (Fsp3) is 0.500. The number of nitrogens with one attached hydrogen (secondary N) is 2. The molecule has 1 aromatic rings. The van der Waals surface area contributed by atoms with Crippen molar-refractivity contribution >= 4 is 6.03 Å². The van der Waals surface area contributed by atoms with E-state index in [0.29, 0.717) is 0 Å². The summed E-state index contributed by atoms with van der Waals surface area (Å²) in [5.74, 6) is 0. The van der Waals surface area contributed by atoms with Crippen molar-refractivity contribution in [3.8, 4) is 0 Å². The number of amides is 2. The van der Waals surface area contributed by atoms with E-state index in [1.54, 1.807) is 0 Å². The Bertz CT molecular complexity index is 454. The molecule has 1 aromatic carbocycles. The number of aliphatic hydroxyl groups excluding tert-OH is 1. The highest BCUT2D eigenvalue weighted by atomic mass is 19.4. The summed E-state index contributed by atoms with van der Waals surface area (Å²) >= 11 is 0. The molecule has 0 heterocycles. The summed E-state index contributed by atoms with van der Waals surface area (Å²) in [7, 11) is 1.50. The zero-order chi connectivity index (χ0) is 16.6. The third-order valence-corrected chi connectivity index (χ3v) is 2.99. The Labute approximate surface area is 126 Å². The lowest BCUT2D eigenvalue weighted by Gasteiger charge is -2.17. The topological polar surface area (TPSA) is 70.6 Å². The molecule has 5 nitrogen and oxygen atoms in total. The van der Waals surface area contributed by atoms with E-state index in [2.05, 4.69) is 10.6 Å². The number of aliphatic hydroxyl groups is 1. The lowest BCUT2D eigenvalue weighted by Crippen LogP contribution is -2.40. The molecule has 0 saturated carbocycles. The third kappa shape index (κ3) is 6.31. The first-order chi connectivity index (χ1) is 10.3. The molecule has 0 radical (unpaired) electrons. The van der Waals surface area contributed by atoms with Crippen LogP contribution >= 0.6 is 0 Å². The quantitative estimate of drug-likeness (QED) is 0.719. The molecule has 3 N–H and O–H groups in total. The van der Waals surface area contributed by atoms with Crippen LogP contribution in [0.1, 0.15) is 18.1 Å². The van der Waals surface area contributed by atoms with Crippen molar-refractivity contribution in [3.05, 3.63) is 35.9 Å². The molecule has 22 heavy (non-hydrogen) atoms. The van der Waals surface area contributed by atoms with E-state index in [4.69, 9.17) is 9.84 Å². The number of halogens is 3. The van der Waals surface area contributed by atoms with E-state index in [-0.39, 0.29) is 19.2 Å². The van der Waals surface area contributed by atoms with E-state index in [1.165, 1.54) is 7.11 Å². The SMILES string of the molecule is CO[C@@H](CNC(=O)NCC[C@H](O)C(F)(F)F)c1ccccc1. The fourth-order valence-corrected chi connectivity index (χ4v) is 1.74. The van der Waals surface area contributed by atoms with Crippen LogP contribution in [0.5, 0.6) is 0 Å². The van der Waals surface area contributed by atoms with Crippen molar-refractivity contribution < 1.29 is 27.8 Å². The maximum atomic E-state index is 12.1. The largest absolute Gasteiger partial charge is 0.414 e. The Balaban J connectivity index is 2.30. The molecule has 0 spiro atoms. The van der Waals surface area contributed by atoms with Gasteiger partial charge in [0.25, 0.3) is 0 Å². The normalized spacial score (nSPS) is 14.2. The van der Waals surface area contributed by atoms with E-state index >= 15 is 0 Å². The van der Waals surface area contributed by atoms with Gasteiger partial charge >= 0.3 is 12.2 Å². The van der Waals surface area contributed by atoms with Crippen LogP contribution in [0.15, 0.2) is 30.3 Å². The van der Waals surface area contributed by atoms with E-state index < -0.39 is 24.7 Å². The number of urea groups is 1. The van der Waals surface area contributed by atoms with Crippen LogP contribution in [-0.4, -0.2) is 43.6 Å². The molecule has 0 aromatic heterocycles. The first-order valence-corrected chi connectivity index (χ1v) is 6.68. The first kappa shape index (κ1) is 18.2. The zero-order valence-corrected chi connectivity index (χ0v) is 12.1. The van der Waals surface area contributed by atoms with Gasteiger partial charge in [-0.1, -0.05) is 30.3 Å². The minimum absolute atomic E-state index is 0.175. The molecule has 8 heteroatoms. The highest BCUT2D eigenvalue weighted by Crippen LogP contribution is 2.21. The summed E-state index contributed by atoms with van der Waals surface area (Å²) in [6.07, 6.45) is -8.06. The fourth-order valence-electron chi connectivity index (χ4n) is 1.74. The maximum Gasteiger partial charge on any atom is 0.414 e. The van der Waals surface area contributed by atoms with Crippen molar-refractivity contribution in [2.24, 2.45) is 0 Å². The van der Waals surface area contributed by atoms with Crippen LogP contribution < -0.4 is 10.6 Å². The number of carbonyl (C=O) groups is 1. The predicted octanol–water partition coefficient (Wildman–Crippen LogP) is 1.99. The minimum Gasteiger partial charge on any atom is -0.384 e. The van der Waals surface area contributed by atoms with Crippen LogP contribution in [0.4, 0.5) is 18.0 Å². The van der Waals surface area contributed by atoms with E-state index in [9.17, 15) is 18.0 Å². The number of carbonyl (C=O) groups excluding carboxylic acids is 1. The Hall–Kier alpha value is -1.80. The molecule has 2 amide bonds. The van der Waals surface area contributed by atoms with Gasteiger partial charge in [-0.15, -0.1) is 0 Å². The lowest BCUT2D eigenvalue weighted by molar-refractivity contribution is -0.204. The molecule has 2 atom stereocenters. The second-order valence-electron chi connectivity index (χ2n) is 4.62. The van der Waals surface area contributed by atoms with Gasteiger partial charge in [-0.2, -0.15) is 13.2 Å². The van der Waals surface area contributed by atoms with Gasteiger partial charge in [0.2, 0.25) is 0 Å². The molecular formula is C14H19F3N2O3. The maximum absolute atomic E-state index is 12.1. The van der Waals surface area contributed by atoms with Gasteiger partial charge in [0.1, 0.15) is 0 Å². The van der Waals surface area contributed by atoms with E-state index in [0.717, 1.165) is 5.56 Å². The summed E-state index contributed by atoms with van der Waals surface area (Å²) < 4.78 is 41.4. The Morgan fingerprint density at radius 2 is 1.91 bits per heavy atom. The summed E-state index contributed by atoms with van der Waals surface area (Å²) in [5.41, 5.74) is 0.873. The van der Waals surface area contributed by atoms with Gasteiger partial charge in [0.05, 0.1) is 6.10 Å². The van der Waals surface area contributed by atoms with Crippen molar-refractivity contribution in [1.82, 2.24) is 10.6 Å².